The van der Waals surface area contributed by atoms with Crippen LogP contribution < -0.4 is 10.6 Å². The fraction of sp³-hybridized carbons (Fsp3) is 0. The van der Waals surface area contributed by atoms with Crippen LogP contribution in [-0.4, -0.2) is 31.8 Å². The van der Waals surface area contributed by atoms with Gasteiger partial charge in [-0.05, 0) is 48.5 Å². The summed E-state index contributed by atoms with van der Waals surface area (Å²) in [6.07, 6.45) is 6.05. The van der Waals surface area contributed by atoms with Crippen molar-refractivity contribution in [3.8, 4) is 0 Å². The molecule has 0 unspecified atom stereocenters. The van der Waals surface area contributed by atoms with Gasteiger partial charge in [-0.2, -0.15) is 0 Å². The molecule has 0 saturated heterocycles. The van der Waals surface area contributed by atoms with Crippen molar-refractivity contribution < 1.29 is 9.59 Å². The minimum Gasteiger partial charge on any atom is -0.321 e. The molecule has 3 heterocycles. The smallest absolute Gasteiger partial charge is 0.275 e. The first-order chi connectivity index (χ1) is 15.7. The lowest BCUT2D eigenvalue weighted by Gasteiger charge is -2.08. The highest BCUT2D eigenvalue weighted by molar-refractivity contribution is 6.06. The number of nitrogens with zero attached hydrogens (tertiary/aromatic N) is 4. The minimum absolute atomic E-state index is 0.0339. The zero-order valence-corrected chi connectivity index (χ0v) is 16.7. The van der Waals surface area contributed by atoms with E-state index >= 15 is 0 Å². The topological polar surface area (TPSA) is 110 Å². The Kier molecular flexibility index (Phi) is 4.93. The first-order valence-corrected chi connectivity index (χ1v) is 9.80. The van der Waals surface area contributed by atoms with Gasteiger partial charge in [0.15, 0.2) is 0 Å². The molecule has 0 aliphatic carbocycles. The lowest BCUT2D eigenvalue weighted by molar-refractivity contribution is 0.101. The molecule has 8 nitrogen and oxygen atoms in total. The minimum atomic E-state index is -0.466. The zero-order valence-electron chi connectivity index (χ0n) is 16.7. The van der Waals surface area contributed by atoms with Crippen molar-refractivity contribution in [2.24, 2.45) is 0 Å². The van der Waals surface area contributed by atoms with E-state index in [1.807, 2.05) is 48.5 Å². The van der Waals surface area contributed by atoms with Crippen LogP contribution in [0.4, 0.5) is 11.4 Å². The number of pyridine rings is 2. The Morgan fingerprint density at radius 1 is 0.656 bits per heavy atom. The molecule has 8 heteroatoms. The molecule has 0 spiro atoms. The van der Waals surface area contributed by atoms with Gasteiger partial charge in [0.1, 0.15) is 11.4 Å². The van der Waals surface area contributed by atoms with E-state index in [1.165, 1.54) is 12.4 Å². The summed E-state index contributed by atoms with van der Waals surface area (Å²) >= 11 is 0. The maximum Gasteiger partial charge on any atom is 0.275 e. The molecule has 5 aromatic rings. The molecule has 2 aromatic carbocycles. The normalized spacial score (nSPS) is 10.8. The molecular formula is C24H16N6O2. The number of carbonyl (C=O) groups excluding carboxylic acids is 2. The van der Waals surface area contributed by atoms with Gasteiger partial charge in [0, 0.05) is 34.5 Å². The SMILES string of the molecule is O=C(Nc1ccc2ncccc2c1)c1cncc(C(=O)Nc2ccc3ncccc3c2)n1. The average molecular weight is 420 g/mol. The Morgan fingerprint density at radius 3 is 1.66 bits per heavy atom. The monoisotopic (exact) mass is 420 g/mol. The summed E-state index contributed by atoms with van der Waals surface area (Å²) in [5.74, 6) is -0.931. The molecule has 3 aromatic heterocycles. The molecule has 5 rings (SSSR count). The van der Waals surface area contributed by atoms with Crippen LogP contribution in [0.1, 0.15) is 21.0 Å². The fourth-order valence-electron chi connectivity index (χ4n) is 3.28. The molecule has 0 aliphatic heterocycles. The van der Waals surface area contributed by atoms with E-state index < -0.39 is 11.8 Å². The highest BCUT2D eigenvalue weighted by Gasteiger charge is 2.14. The Labute approximate surface area is 182 Å². The van der Waals surface area contributed by atoms with Crippen molar-refractivity contribution in [1.29, 1.82) is 0 Å². The average Bonchev–Trinajstić information content (AvgIpc) is 2.84. The summed E-state index contributed by atoms with van der Waals surface area (Å²) in [5, 5.41) is 7.35. The largest absolute Gasteiger partial charge is 0.321 e. The molecule has 0 radical (unpaired) electrons. The summed E-state index contributed by atoms with van der Waals surface area (Å²) in [4.78, 5) is 42.0. The first kappa shape index (κ1) is 19.3. The molecular weight excluding hydrogens is 404 g/mol. The van der Waals surface area contributed by atoms with Crippen LogP contribution in [-0.2, 0) is 0 Å². The lowest BCUT2D eigenvalue weighted by atomic mass is 10.2. The van der Waals surface area contributed by atoms with Gasteiger partial charge in [-0.25, -0.2) is 4.98 Å². The van der Waals surface area contributed by atoms with Gasteiger partial charge < -0.3 is 10.6 Å². The Morgan fingerprint density at radius 2 is 1.16 bits per heavy atom. The van der Waals surface area contributed by atoms with Gasteiger partial charge in [-0.1, -0.05) is 12.1 Å². The summed E-state index contributed by atoms with van der Waals surface area (Å²) < 4.78 is 0. The maximum absolute atomic E-state index is 12.7. The maximum atomic E-state index is 12.7. The highest BCUT2D eigenvalue weighted by atomic mass is 16.2. The van der Waals surface area contributed by atoms with E-state index in [0.717, 1.165) is 21.8 Å². The summed E-state index contributed by atoms with van der Waals surface area (Å²) in [6.45, 7) is 0. The second kappa shape index (κ2) is 8.19. The predicted molar refractivity (Wildman–Crippen MR) is 121 cm³/mol. The molecule has 0 saturated carbocycles. The molecule has 0 aliphatic rings. The zero-order chi connectivity index (χ0) is 21.9. The third-order valence-electron chi connectivity index (χ3n) is 4.82. The van der Waals surface area contributed by atoms with Crippen molar-refractivity contribution >= 4 is 45.0 Å². The van der Waals surface area contributed by atoms with E-state index in [9.17, 15) is 9.59 Å². The van der Waals surface area contributed by atoms with Gasteiger partial charge in [-0.15, -0.1) is 0 Å². The summed E-state index contributed by atoms with van der Waals surface area (Å²) in [6, 6.07) is 18.3. The number of hydrogen-bond acceptors (Lipinski definition) is 6. The summed E-state index contributed by atoms with van der Waals surface area (Å²) in [7, 11) is 0. The second-order valence-electron chi connectivity index (χ2n) is 7.02. The number of amides is 2. The van der Waals surface area contributed by atoms with Crippen molar-refractivity contribution in [3.05, 3.63) is 96.8 Å². The molecule has 0 atom stereocenters. The predicted octanol–water partition coefficient (Wildman–Crippen LogP) is 4.08. The van der Waals surface area contributed by atoms with Gasteiger partial charge in [-0.3, -0.25) is 24.5 Å². The number of nitrogens with one attached hydrogen (secondary N) is 2. The van der Waals surface area contributed by atoms with E-state index in [4.69, 9.17) is 0 Å². The lowest BCUT2D eigenvalue weighted by Crippen LogP contribution is -2.19. The van der Waals surface area contributed by atoms with Crippen LogP contribution in [0.5, 0.6) is 0 Å². The van der Waals surface area contributed by atoms with Crippen LogP contribution in [0.15, 0.2) is 85.5 Å². The number of fused-ring (bicyclic) bond motifs is 2. The summed E-state index contributed by atoms with van der Waals surface area (Å²) in [5.41, 5.74) is 2.91. The molecule has 0 fully saturated rings. The van der Waals surface area contributed by atoms with Crippen LogP contribution in [0, 0.1) is 0 Å². The number of aromatic nitrogens is 4. The van der Waals surface area contributed by atoms with E-state index in [-0.39, 0.29) is 11.4 Å². The first-order valence-electron chi connectivity index (χ1n) is 9.80. The number of rotatable bonds is 4. The Balaban J connectivity index is 1.33. The van der Waals surface area contributed by atoms with E-state index in [2.05, 4.69) is 30.6 Å². The number of anilines is 2. The Bertz CT molecular complexity index is 1380. The Hall–Kier alpha value is -4.72. The second-order valence-corrected chi connectivity index (χ2v) is 7.02. The highest BCUT2D eigenvalue weighted by Crippen LogP contribution is 2.19. The molecule has 0 bridgehead atoms. The van der Waals surface area contributed by atoms with Crippen molar-refractivity contribution in [2.45, 2.75) is 0 Å². The van der Waals surface area contributed by atoms with Gasteiger partial charge in [0.05, 0.1) is 23.4 Å². The quantitative estimate of drug-likeness (QED) is 0.453. The molecule has 32 heavy (non-hydrogen) atoms. The molecule has 154 valence electrons. The van der Waals surface area contributed by atoms with Crippen LogP contribution >= 0.6 is 0 Å². The standard InChI is InChI=1S/C24H16N6O2/c31-23(28-17-5-7-19-15(11-17)3-1-9-26-19)21-13-25-14-22(30-21)24(32)29-18-6-8-20-16(12-18)4-2-10-27-20/h1-14H,(H,28,31)(H,29,32). The van der Waals surface area contributed by atoms with Gasteiger partial charge in [0.2, 0.25) is 0 Å². The third kappa shape index (κ3) is 3.97. The number of carbonyl (C=O) groups is 2. The van der Waals surface area contributed by atoms with Crippen molar-refractivity contribution in [2.75, 3.05) is 10.6 Å². The van der Waals surface area contributed by atoms with Crippen LogP contribution in [0.2, 0.25) is 0 Å². The van der Waals surface area contributed by atoms with Crippen LogP contribution in [0.25, 0.3) is 21.8 Å². The third-order valence-corrected chi connectivity index (χ3v) is 4.82. The van der Waals surface area contributed by atoms with Crippen LogP contribution in [0.3, 0.4) is 0 Å². The van der Waals surface area contributed by atoms with E-state index in [1.54, 1.807) is 24.5 Å². The number of hydrogen-bond donors (Lipinski definition) is 2. The molecule has 2 N–H and O–H groups in total. The van der Waals surface area contributed by atoms with E-state index in [0.29, 0.717) is 11.4 Å². The van der Waals surface area contributed by atoms with Crippen molar-refractivity contribution in [1.82, 2.24) is 19.9 Å². The molecule has 2 amide bonds. The fourth-order valence-corrected chi connectivity index (χ4v) is 3.28. The number of benzene rings is 2. The van der Waals surface area contributed by atoms with Gasteiger partial charge in [0.25, 0.3) is 11.8 Å². The van der Waals surface area contributed by atoms with Crippen molar-refractivity contribution in [3.63, 3.8) is 0 Å². The van der Waals surface area contributed by atoms with Gasteiger partial charge >= 0.3 is 0 Å².